The molecule has 1 amide bonds. The molecule has 1 aromatic carbocycles. The molecule has 0 saturated carbocycles. The fraction of sp³-hybridized carbons (Fsp3) is 0.412. The Morgan fingerprint density at radius 2 is 2.00 bits per heavy atom. The zero-order valence-electron chi connectivity index (χ0n) is 13.0. The average Bonchev–Trinajstić information content (AvgIpc) is 2.47. The zero-order valence-corrected chi connectivity index (χ0v) is 13.0. The lowest BCUT2D eigenvalue weighted by Gasteiger charge is -2.22. The van der Waals surface area contributed by atoms with Crippen LogP contribution >= 0.6 is 0 Å². The molecule has 1 aromatic rings. The molecule has 0 unspecified atom stereocenters. The minimum atomic E-state index is -0.342. The minimum Gasteiger partial charge on any atom is -0.459 e. The fourth-order valence-corrected chi connectivity index (χ4v) is 2.30. The van der Waals surface area contributed by atoms with Gasteiger partial charge in [0.2, 0.25) is 5.91 Å². The number of amides is 1. The number of piperidine rings is 1. The number of benzene rings is 1. The minimum absolute atomic E-state index is 0.0299. The van der Waals surface area contributed by atoms with Crippen molar-refractivity contribution in [3.8, 4) is 0 Å². The van der Waals surface area contributed by atoms with Crippen molar-refractivity contribution in [2.45, 2.75) is 32.8 Å². The number of hydrogen-bond acceptors (Lipinski definition) is 4. The fourth-order valence-electron chi connectivity index (χ4n) is 2.30. The van der Waals surface area contributed by atoms with Gasteiger partial charge in [0.1, 0.15) is 6.10 Å². The molecule has 22 heavy (non-hydrogen) atoms. The van der Waals surface area contributed by atoms with Crippen LogP contribution in [0.4, 0.5) is 5.69 Å². The molecule has 2 rings (SSSR count). The molecule has 0 spiro atoms. The molecule has 1 aliphatic heterocycles. The van der Waals surface area contributed by atoms with Crippen LogP contribution < -0.4 is 10.6 Å². The SMILES string of the molecule is CC(C)=CC(=O)Nc1cccc(C(=O)OC2CCNCC2)c1. The highest BCUT2D eigenvalue weighted by molar-refractivity contribution is 6.00. The third kappa shape index (κ3) is 5.00. The molecule has 0 atom stereocenters. The smallest absolute Gasteiger partial charge is 0.338 e. The van der Waals surface area contributed by atoms with E-state index in [4.69, 9.17) is 4.74 Å². The maximum absolute atomic E-state index is 12.2. The number of esters is 1. The van der Waals surface area contributed by atoms with Crippen LogP contribution in [0.15, 0.2) is 35.9 Å². The van der Waals surface area contributed by atoms with Gasteiger partial charge in [-0.25, -0.2) is 4.79 Å². The molecule has 1 heterocycles. The van der Waals surface area contributed by atoms with Crippen molar-refractivity contribution >= 4 is 17.6 Å². The summed E-state index contributed by atoms with van der Waals surface area (Å²) in [6, 6.07) is 6.81. The number of allylic oxidation sites excluding steroid dienone is 1. The Kier molecular flexibility index (Phi) is 5.72. The van der Waals surface area contributed by atoms with E-state index < -0.39 is 0 Å². The maximum Gasteiger partial charge on any atom is 0.338 e. The Morgan fingerprint density at radius 1 is 1.27 bits per heavy atom. The van der Waals surface area contributed by atoms with E-state index in [9.17, 15) is 9.59 Å². The zero-order chi connectivity index (χ0) is 15.9. The highest BCUT2D eigenvalue weighted by atomic mass is 16.5. The number of rotatable bonds is 4. The molecule has 118 valence electrons. The van der Waals surface area contributed by atoms with Gasteiger partial charge in [-0.15, -0.1) is 0 Å². The van der Waals surface area contributed by atoms with E-state index in [0.29, 0.717) is 11.3 Å². The Balaban J connectivity index is 1.99. The number of ether oxygens (including phenoxy) is 1. The quantitative estimate of drug-likeness (QED) is 0.662. The maximum atomic E-state index is 12.2. The summed E-state index contributed by atoms with van der Waals surface area (Å²) in [5.74, 6) is -0.547. The molecule has 1 saturated heterocycles. The van der Waals surface area contributed by atoms with Gasteiger partial charge >= 0.3 is 5.97 Å². The van der Waals surface area contributed by atoms with Crippen molar-refractivity contribution in [1.29, 1.82) is 0 Å². The first-order valence-electron chi connectivity index (χ1n) is 7.52. The van der Waals surface area contributed by atoms with Gasteiger partial charge in [-0.3, -0.25) is 4.79 Å². The van der Waals surface area contributed by atoms with E-state index in [1.54, 1.807) is 24.3 Å². The molecular formula is C17H22N2O3. The van der Waals surface area contributed by atoms with E-state index in [1.165, 1.54) is 6.08 Å². The second-order valence-corrected chi connectivity index (χ2v) is 5.65. The largest absolute Gasteiger partial charge is 0.459 e. The van der Waals surface area contributed by atoms with E-state index in [0.717, 1.165) is 31.5 Å². The molecule has 1 fully saturated rings. The predicted octanol–water partition coefficient (Wildman–Crippen LogP) is 2.50. The van der Waals surface area contributed by atoms with Gasteiger partial charge in [-0.2, -0.15) is 0 Å². The molecule has 0 aliphatic carbocycles. The number of hydrogen-bond donors (Lipinski definition) is 2. The Hall–Kier alpha value is -2.14. The van der Waals surface area contributed by atoms with Crippen LogP contribution in [-0.4, -0.2) is 31.1 Å². The number of carbonyl (C=O) groups excluding carboxylic acids is 2. The van der Waals surface area contributed by atoms with E-state index in [-0.39, 0.29) is 18.0 Å². The van der Waals surface area contributed by atoms with Gasteiger partial charge in [0.15, 0.2) is 0 Å². The summed E-state index contributed by atoms with van der Waals surface area (Å²) >= 11 is 0. The van der Waals surface area contributed by atoms with Crippen molar-refractivity contribution in [2.75, 3.05) is 18.4 Å². The highest BCUT2D eigenvalue weighted by Crippen LogP contribution is 2.15. The van der Waals surface area contributed by atoms with Crippen LogP contribution in [0.3, 0.4) is 0 Å². The molecular weight excluding hydrogens is 280 g/mol. The summed E-state index contributed by atoms with van der Waals surface area (Å²) in [7, 11) is 0. The standard InChI is InChI=1S/C17H22N2O3/c1-12(2)10-16(20)19-14-5-3-4-13(11-14)17(21)22-15-6-8-18-9-7-15/h3-5,10-11,15,18H,6-9H2,1-2H3,(H,19,20). The van der Waals surface area contributed by atoms with Gasteiger partial charge in [-0.05, 0) is 58.0 Å². The van der Waals surface area contributed by atoms with Gasteiger partial charge < -0.3 is 15.4 Å². The molecule has 1 aliphatic rings. The average molecular weight is 302 g/mol. The monoisotopic (exact) mass is 302 g/mol. The van der Waals surface area contributed by atoms with E-state index in [1.807, 2.05) is 13.8 Å². The first-order chi connectivity index (χ1) is 10.5. The van der Waals surface area contributed by atoms with Crippen LogP contribution in [0.1, 0.15) is 37.0 Å². The molecule has 0 aromatic heterocycles. The highest BCUT2D eigenvalue weighted by Gasteiger charge is 2.18. The van der Waals surface area contributed by atoms with Gasteiger partial charge in [-0.1, -0.05) is 11.6 Å². The summed E-state index contributed by atoms with van der Waals surface area (Å²) in [5.41, 5.74) is 1.95. The Bertz CT molecular complexity index is 571. The van der Waals surface area contributed by atoms with Crippen LogP contribution in [0.5, 0.6) is 0 Å². The van der Waals surface area contributed by atoms with E-state index in [2.05, 4.69) is 10.6 Å². The molecule has 0 bridgehead atoms. The first kappa shape index (κ1) is 16.2. The van der Waals surface area contributed by atoms with Crippen molar-refractivity contribution in [3.63, 3.8) is 0 Å². The molecule has 5 nitrogen and oxygen atoms in total. The number of carbonyl (C=O) groups is 2. The van der Waals surface area contributed by atoms with Crippen LogP contribution in [-0.2, 0) is 9.53 Å². The Labute approximate surface area is 130 Å². The number of anilines is 1. The lowest BCUT2D eigenvalue weighted by Crippen LogP contribution is -2.33. The second-order valence-electron chi connectivity index (χ2n) is 5.65. The van der Waals surface area contributed by atoms with Gasteiger partial charge in [0.05, 0.1) is 5.56 Å². The molecule has 2 N–H and O–H groups in total. The molecule has 0 radical (unpaired) electrons. The van der Waals surface area contributed by atoms with Crippen LogP contribution in [0, 0.1) is 0 Å². The van der Waals surface area contributed by atoms with Crippen molar-refractivity contribution < 1.29 is 14.3 Å². The van der Waals surface area contributed by atoms with Crippen molar-refractivity contribution in [3.05, 3.63) is 41.5 Å². The predicted molar refractivity (Wildman–Crippen MR) is 85.8 cm³/mol. The van der Waals surface area contributed by atoms with Gasteiger partial charge in [0, 0.05) is 11.8 Å². The summed E-state index contributed by atoms with van der Waals surface area (Å²) in [4.78, 5) is 23.9. The topological polar surface area (TPSA) is 67.4 Å². The Morgan fingerprint density at radius 3 is 2.68 bits per heavy atom. The van der Waals surface area contributed by atoms with Crippen molar-refractivity contribution in [1.82, 2.24) is 5.32 Å². The normalized spacial score (nSPS) is 15.0. The first-order valence-corrected chi connectivity index (χ1v) is 7.52. The van der Waals surface area contributed by atoms with E-state index >= 15 is 0 Å². The lowest BCUT2D eigenvalue weighted by atomic mass is 10.1. The van der Waals surface area contributed by atoms with Crippen LogP contribution in [0.2, 0.25) is 0 Å². The number of nitrogens with one attached hydrogen (secondary N) is 2. The summed E-state index contributed by atoms with van der Waals surface area (Å²) in [6.07, 6.45) is 3.16. The second kappa shape index (κ2) is 7.75. The van der Waals surface area contributed by atoms with Gasteiger partial charge in [0.25, 0.3) is 0 Å². The summed E-state index contributed by atoms with van der Waals surface area (Å²) < 4.78 is 5.50. The third-order valence-corrected chi connectivity index (χ3v) is 3.35. The lowest BCUT2D eigenvalue weighted by molar-refractivity contribution is -0.111. The van der Waals surface area contributed by atoms with Crippen LogP contribution in [0.25, 0.3) is 0 Å². The summed E-state index contributed by atoms with van der Waals surface area (Å²) in [6.45, 7) is 5.45. The summed E-state index contributed by atoms with van der Waals surface area (Å²) in [5, 5.41) is 5.97. The third-order valence-electron chi connectivity index (χ3n) is 3.35. The molecule has 5 heteroatoms. The van der Waals surface area contributed by atoms with Crippen molar-refractivity contribution in [2.24, 2.45) is 0 Å².